The smallest absolute Gasteiger partial charge is 0.291 e. The third kappa shape index (κ3) is 4.12. The highest BCUT2D eigenvalue weighted by atomic mass is 16.3. The average molecular weight is 241 g/mol. The Hall–Kier alpha value is -1.47. The van der Waals surface area contributed by atoms with Crippen LogP contribution in [-0.4, -0.2) is 44.9 Å². The molecule has 0 radical (unpaired) electrons. The fourth-order valence-corrected chi connectivity index (χ4v) is 1.21. The average Bonchev–Trinajstić information content (AvgIpc) is 2.74. The van der Waals surface area contributed by atoms with Crippen molar-refractivity contribution in [3.63, 3.8) is 0 Å². The highest BCUT2D eigenvalue weighted by Crippen LogP contribution is 1.96. The van der Waals surface area contributed by atoms with Crippen LogP contribution in [0.1, 0.15) is 36.7 Å². The Morgan fingerprint density at radius 3 is 2.94 bits per heavy atom. The summed E-state index contributed by atoms with van der Waals surface area (Å²) in [5, 5.41) is 18.2. The van der Waals surface area contributed by atoms with Crippen molar-refractivity contribution in [3.05, 3.63) is 11.6 Å². The van der Waals surface area contributed by atoms with E-state index < -0.39 is 12.1 Å². The van der Waals surface area contributed by atoms with Gasteiger partial charge >= 0.3 is 0 Å². The fraction of sp³-hybridized carbons (Fsp3) is 0.700. The number of hydrogen-bond donors (Lipinski definition) is 4. The molecule has 1 heterocycles. The van der Waals surface area contributed by atoms with Crippen LogP contribution in [0.25, 0.3) is 0 Å². The molecule has 0 aromatic carbocycles. The molecule has 0 aliphatic rings. The van der Waals surface area contributed by atoms with E-state index in [-0.39, 0.29) is 18.3 Å². The Bertz CT molecular complexity index is 363. The minimum atomic E-state index is -0.668. The summed E-state index contributed by atoms with van der Waals surface area (Å²) in [5.74, 6) is 0.406. The number of rotatable bonds is 6. The SMILES string of the molecule is CCCc1nc(C(=O)NCC(N)C(C)O)n[nH]1. The van der Waals surface area contributed by atoms with Crippen LogP contribution in [0.15, 0.2) is 0 Å². The van der Waals surface area contributed by atoms with E-state index in [4.69, 9.17) is 10.8 Å². The van der Waals surface area contributed by atoms with Crippen LogP contribution >= 0.6 is 0 Å². The molecule has 0 aliphatic carbocycles. The normalized spacial score (nSPS) is 14.4. The van der Waals surface area contributed by atoms with Crippen molar-refractivity contribution in [2.75, 3.05) is 6.54 Å². The Kier molecular flexibility index (Phi) is 5.05. The summed E-state index contributed by atoms with van der Waals surface area (Å²) in [7, 11) is 0. The lowest BCUT2D eigenvalue weighted by atomic mass is 10.2. The van der Waals surface area contributed by atoms with Crippen LogP contribution in [0.3, 0.4) is 0 Å². The molecule has 17 heavy (non-hydrogen) atoms. The zero-order valence-corrected chi connectivity index (χ0v) is 10.1. The van der Waals surface area contributed by atoms with Gasteiger partial charge in [-0.25, -0.2) is 4.98 Å². The molecule has 7 heteroatoms. The number of aliphatic hydroxyl groups is 1. The number of H-pyrrole nitrogens is 1. The summed E-state index contributed by atoms with van der Waals surface area (Å²) in [5.41, 5.74) is 5.58. The molecule has 0 aliphatic heterocycles. The van der Waals surface area contributed by atoms with Crippen LogP contribution in [0.5, 0.6) is 0 Å². The van der Waals surface area contributed by atoms with E-state index in [1.54, 1.807) is 6.92 Å². The lowest BCUT2D eigenvalue weighted by Gasteiger charge is -2.14. The maximum Gasteiger partial charge on any atom is 0.291 e. The van der Waals surface area contributed by atoms with E-state index in [1.165, 1.54) is 0 Å². The number of aromatic amines is 1. The van der Waals surface area contributed by atoms with Gasteiger partial charge in [-0.15, -0.1) is 5.10 Å². The molecule has 2 atom stereocenters. The van der Waals surface area contributed by atoms with Gasteiger partial charge in [0.1, 0.15) is 5.82 Å². The van der Waals surface area contributed by atoms with Gasteiger partial charge < -0.3 is 16.2 Å². The number of nitrogens with two attached hydrogens (primary N) is 1. The number of aliphatic hydroxyl groups excluding tert-OH is 1. The monoisotopic (exact) mass is 241 g/mol. The number of aryl methyl sites for hydroxylation is 1. The van der Waals surface area contributed by atoms with Gasteiger partial charge in [0.2, 0.25) is 5.82 Å². The van der Waals surface area contributed by atoms with Gasteiger partial charge in [-0.3, -0.25) is 9.89 Å². The van der Waals surface area contributed by atoms with E-state index in [1.807, 2.05) is 6.92 Å². The minimum absolute atomic E-state index is 0.103. The first-order chi connectivity index (χ1) is 8.04. The molecule has 0 bridgehead atoms. The first kappa shape index (κ1) is 13.6. The largest absolute Gasteiger partial charge is 0.392 e. The third-order valence-corrected chi connectivity index (χ3v) is 2.34. The maximum atomic E-state index is 11.6. The van der Waals surface area contributed by atoms with Crippen molar-refractivity contribution in [1.82, 2.24) is 20.5 Å². The van der Waals surface area contributed by atoms with Gasteiger partial charge in [0.25, 0.3) is 5.91 Å². The van der Waals surface area contributed by atoms with Crippen molar-refractivity contribution < 1.29 is 9.90 Å². The molecule has 1 amide bonds. The Balaban J connectivity index is 2.46. The number of nitrogens with one attached hydrogen (secondary N) is 2. The van der Waals surface area contributed by atoms with Crippen LogP contribution in [-0.2, 0) is 6.42 Å². The summed E-state index contributed by atoms with van der Waals surface area (Å²) in [6, 6.07) is -0.493. The van der Waals surface area contributed by atoms with Gasteiger partial charge in [0, 0.05) is 19.0 Å². The van der Waals surface area contributed by atoms with Crippen LogP contribution < -0.4 is 11.1 Å². The number of carbonyl (C=O) groups is 1. The zero-order valence-electron chi connectivity index (χ0n) is 10.1. The lowest BCUT2D eigenvalue weighted by Crippen LogP contribution is -2.43. The van der Waals surface area contributed by atoms with Crippen LogP contribution in [0.2, 0.25) is 0 Å². The van der Waals surface area contributed by atoms with E-state index in [0.29, 0.717) is 5.82 Å². The van der Waals surface area contributed by atoms with Crippen molar-refractivity contribution in [1.29, 1.82) is 0 Å². The zero-order chi connectivity index (χ0) is 12.8. The Morgan fingerprint density at radius 2 is 2.35 bits per heavy atom. The number of carbonyl (C=O) groups excluding carboxylic acids is 1. The number of nitrogens with zero attached hydrogens (tertiary/aromatic N) is 2. The molecule has 2 unspecified atom stereocenters. The number of aromatic nitrogens is 3. The molecule has 0 fully saturated rings. The standard InChI is InChI=1S/C10H19N5O2/c1-3-4-8-13-9(15-14-8)10(17)12-5-7(11)6(2)16/h6-7,16H,3-5,11H2,1-2H3,(H,12,17)(H,13,14,15). The topological polar surface area (TPSA) is 117 Å². The quantitative estimate of drug-likeness (QED) is 0.520. The van der Waals surface area contributed by atoms with Gasteiger partial charge in [0.15, 0.2) is 0 Å². The van der Waals surface area contributed by atoms with Gasteiger partial charge in [-0.1, -0.05) is 6.92 Å². The summed E-state index contributed by atoms with van der Waals surface area (Å²) in [6.45, 7) is 3.78. The molecule has 7 nitrogen and oxygen atoms in total. The second-order valence-corrected chi connectivity index (χ2v) is 3.97. The summed E-state index contributed by atoms with van der Waals surface area (Å²) < 4.78 is 0. The molecule has 0 spiro atoms. The van der Waals surface area contributed by atoms with Gasteiger partial charge in [0.05, 0.1) is 6.10 Å². The highest BCUT2D eigenvalue weighted by Gasteiger charge is 2.15. The predicted molar refractivity (Wildman–Crippen MR) is 62.4 cm³/mol. The molecular weight excluding hydrogens is 222 g/mol. The molecule has 0 saturated carbocycles. The molecule has 1 rings (SSSR count). The van der Waals surface area contributed by atoms with Crippen LogP contribution in [0, 0.1) is 0 Å². The maximum absolute atomic E-state index is 11.6. The highest BCUT2D eigenvalue weighted by molar-refractivity contribution is 5.90. The lowest BCUT2D eigenvalue weighted by molar-refractivity contribution is 0.0927. The third-order valence-electron chi connectivity index (χ3n) is 2.34. The molecular formula is C10H19N5O2. The Labute approximate surface area is 99.8 Å². The molecule has 1 aromatic heterocycles. The predicted octanol–water partition coefficient (Wildman–Crippen LogP) is -0.805. The van der Waals surface area contributed by atoms with Crippen molar-refractivity contribution >= 4 is 5.91 Å². The number of amides is 1. The summed E-state index contributed by atoms with van der Waals surface area (Å²) >= 11 is 0. The molecule has 0 saturated heterocycles. The van der Waals surface area contributed by atoms with E-state index in [9.17, 15) is 4.79 Å². The summed E-state index contributed by atoms with van der Waals surface area (Å²) in [6.07, 6.45) is 1.02. The molecule has 96 valence electrons. The van der Waals surface area contributed by atoms with E-state index in [2.05, 4.69) is 20.5 Å². The van der Waals surface area contributed by atoms with Gasteiger partial charge in [-0.05, 0) is 13.3 Å². The second-order valence-electron chi connectivity index (χ2n) is 3.97. The number of hydrogen-bond acceptors (Lipinski definition) is 5. The van der Waals surface area contributed by atoms with Crippen LogP contribution in [0.4, 0.5) is 0 Å². The van der Waals surface area contributed by atoms with Crippen molar-refractivity contribution in [3.8, 4) is 0 Å². The minimum Gasteiger partial charge on any atom is -0.392 e. The fourth-order valence-electron chi connectivity index (χ4n) is 1.21. The van der Waals surface area contributed by atoms with Crippen molar-refractivity contribution in [2.45, 2.75) is 38.8 Å². The Morgan fingerprint density at radius 1 is 1.65 bits per heavy atom. The summed E-state index contributed by atoms with van der Waals surface area (Å²) in [4.78, 5) is 15.6. The first-order valence-electron chi connectivity index (χ1n) is 5.67. The molecule has 5 N–H and O–H groups in total. The van der Waals surface area contributed by atoms with Crippen molar-refractivity contribution in [2.24, 2.45) is 5.73 Å². The van der Waals surface area contributed by atoms with Gasteiger partial charge in [-0.2, -0.15) is 0 Å². The van der Waals surface area contributed by atoms with E-state index in [0.717, 1.165) is 12.8 Å². The first-order valence-corrected chi connectivity index (χ1v) is 5.67. The second kappa shape index (κ2) is 6.31. The molecule has 1 aromatic rings. The van der Waals surface area contributed by atoms with E-state index >= 15 is 0 Å².